The molecule has 23 heavy (non-hydrogen) atoms. The first kappa shape index (κ1) is 17.9. The molecular weight excluding hydrogens is 334 g/mol. The van der Waals surface area contributed by atoms with Gasteiger partial charge in [-0.05, 0) is 30.2 Å². The van der Waals surface area contributed by atoms with Crippen LogP contribution in [0.5, 0.6) is 0 Å². The first-order valence-corrected chi connectivity index (χ1v) is 8.91. The second kappa shape index (κ2) is 9.65. The van der Waals surface area contributed by atoms with Crippen LogP contribution in [0.1, 0.15) is 28.3 Å². The summed E-state index contributed by atoms with van der Waals surface area (Å²) in [5.74, 6) is 2.43. The van der Waals surface area contributed by atoms with Gasteiger partial charge in [-0.2, -0.15) is 0 Å². The highest BCUT2D eigenvalue weighted by Crippen LogP contribution is 2.24. The Kier molecular flexibility index (Phi) is 7.52. The topological polar surface area (TPSA) is 51.5 Å². The zero-order valence-electron chi connectivity index (χ0n) is 13.0. The molecule has 0 aliphatic heterocycles. The molecule has 1 N–H and O–H groups in total. The third kappa shape index (κ3) is 5.94. The summed E-state index contributed by atoms with van der Waals surface area (Å²) in [7, 11) is 1.64. The number of methoxy groups -OCH3 is 1. The van der Waals surface area contributed by atoms with Crippen molar-refractivity contribution >= 4 is 29.3 Å². The fraction of sp³-hybridized carbons (Fsp3) is 0.353. The molecule has 1 aromatic heterocycles. The fourth-order valence-electron chi connectivity index (χ4n) is 1.96. The molecule has 0 fully saturated rings. The Morgan fingerprint density at radius 3 is 2.87 bits per heavy atom. The van der Waals surface area contributed by atoms with Gasteiger partial charge in [0.2, 0.25) is 0 Å². The maximum Gasteiger partial charge on any atom is 0.286 e. The van der Waals surface area contributed by atoms with E-state index in [4.69, 9.17) is 20.8 Å². The van der Waals surface area contributed by atoms with Gasteiger partial charge in [0.15, 0.2) is 5.76 Å². The number of rotatable bonds is 9. The molecule has 1 amide bonds. The number of carbonyl (C=O) groups is 1. The van der Waals surface area contributed by atoms with Crippen molar-refractivity contribution in [3.05, 3.63) is 58.5 Å². The largest absolute Gasteiger partial charge is 0.455 e. The van der Waals surface area contributed by atoms with E-state index in [-0.39, 0.29) is 5.91 Å². The highest BCUT2D eigenvalue weighted by atomic mass is 35.5. The van der Waals surface area contributed by atoms with Crippen molar-refractivity contribution in [1.29, 1.82) is 0 Å². The molecule has 0 aliphatic carbocycles. The zero-order chi connectivity index (χ0) is 16.5. The minimum absolute atomic E-state index is 0.191. The lowest BCUT2D eigenvalue weighted by molar-refractivity contribution is 0.0919. The Balaban J connectivity index is 1.76. The van der Waals surface area contributed by atoms with Crippen LogP contribution in [0.3, 0.4) is 0 Å². The molecule has 0 saturated carbocycles. The SMILES string of the molecule is COCCCNC(=O)c1ccc(CSCc2ccccc2Cl)o1. The first-order chi connectivity index (χ1) is 11.2. The third-order valence-corrected chi connectivity index (χ3v) is 4.53. The van der Waals surface area contributed by atoms with Gasteiger partial charge in [-0.3, -0.25) is 4.79 Å². The van der Waals surface area contributed by atoms with E-state index in [2.05, 4.69) is 5.32 Å². The van der Waals surface area contributed by atoms with Crippen molar-refractivity contribution < 1.29 is 13.9 Å². The van der Waals surface area contributed by atoms with E-state index in [1.165, 1.54) is 0 Å². The van der Waals surface area contributed by atoms with Crippen molar-refractivity contribution in [2.45, 2.75) is 17.9 Å². The van der Waals surface area contributed by atoms with Gasteiger partial charge in [-0.1, -0.05) is 29.8 Å². The molecule has 0 unspecified atom stereocenters. The number of hydrogen-bond donors (Lipinski definition) is 1. The smallest absolute Gasteiger partial charge is 0.286 e. The lowest BCUT2D eigenvalue weighted by Crippen LogP contribution is -2.24. The summed E-state index contributed by atoms with van der Waals surface area (Å²) in [4.78, 5) is 11.9. The predicted molar refractivity (Wildman–Crippen MR) is 94.0 cm³/mol. The molecule has 0 aliphatic rings. The Morgan fingerprint density at radius 1 is 1.26 bits per heavy atom. The number of carbonyl (C=O) groups excluding carboxylic acids is 1. The van der Waals surface area contributed by atoms with Crippen LogP contribution in [0.2, 0.25) is 5.02 Å². The normalized spacial score (nSPS) is 10.7. The maximum atomic E-state index is 11.9. The van der Waals surface area contributed by atoms with Gasteiger partial charge < -0.3 is 14.5 Å². The average molecular weight is 354 g/mol. The molecule has 0 bridgehead atoms. The molecule has 0 atom stereocenters. The fourth-order valence-corrected chi connectivity index (χ4v) is 3.17. The molecule has 2 aromatic rings. The average Bonchev–Trinajstić information content (AvgIpc) is 3.02. The number of ether oxygens (including phenoxy) is 1. The highest BCUT2D eigenvalue weighted by molar-refractivity contribution is 7.97. The lowest BCUT2D eigenvalue weighted by Gasteiger charge is -2.03. The first-order valence-electron chi connectivity index (χ1n) is 7.37. The van der Waals surface area contributed by atoms with Gasteiger partial charge in [0.25, 0.3) is 5.91 Å². The van der Waals surface area contributed by atoms with Crippen LogP contribution >= 0.6 is 23.4 Å². The van der Waals surface area contributed by atoms with Gasteiger partial charge in [0, 0.05) is 31.0 Å². The maximum absolute atomic E-state index is 11.9. The second-order valence-corrected chi connectivity index (χ2v) is 6.35. The van der Waals surface area contributed by atoms with E-state index in [0.717, 1.165) is 28.5 Å². The quantitative estimate of drug-likeness (QED) is 0.688. The summed E-state index contributed by atoms with van der Waals surface area (Å²) in [6, 6.07) is 11.3. The Bertz CT molecular complexity index is 630. The van der Waals surface area contributed by atoms with E-state index >= 15 is 0 Å². The minimum Gasteiger partial charge on any atom is -0.455 e. The van der Waals surface area contributed by atoms with Gasteiger partial charge in [0.1, 0.15) is 5.76 Å². The minimum atomic E-state index is -0.191. The van der Waals surface area contributed by atoms with Gasteiger partial charge in [-0.25, -0.2) is 0 Å². The summed E-state index contributed by atoms with van der Waals surface area (Å²) in [6.07, 6.45) is 0.781. The van der Waals surface area contributed by atoms with Crippen LogP contribution in [0.4, 0.5) is 0 Å². The number of nitrogens with one attached hydrogen (secondary N) is 1. The molecule has 4 nitrogen and oxygen atoms in total. The predicted octanol–water partition coefficient (Wildman–Crippen LogP) is 4.13. The second-order valence-electron chi connectivity index (χ2n) is 4.95. The van der Waals surface area contributed by atoms with E-state index < -0.39 is 0 Å². The standard InChI is InChI=1S/C17H20ClNO3S/c1-21-10-4-9-19-17(20)16-8-7-14(22-16)12-23-11-13-5-2-3-6-15(13)18/h2-3,5-8H,4,9-12H2,1H3,(H,19,20). The highest BCUT2D eigenvalue weighted by Gasteiger charge is 2.10. The third-order valence-electron chi connectivity index (χ3n) is 3.16. The summed E-state index contributed by atoms with van der Waals surface area (Å²) in [5.41, 5.74) is 1.10. The summed E-state index contributed by atoms with van der Waals surface area (Å²) < 4.78 is 10.5. The van der Waals surface area contributed by atoms with Gasteiger partial charge >= 0.3 is 0 Å². The van der Waals surface area contributed by atoms with Crippen LogP contribution in [0, 0.1) is 0 Å². The van der Waals surface area contributed by atoms with Crippen molar-refractivity contribution in [3.63, 3.8) is 0 Å². The Morgan fingerprint density at radius 2 is 2.09 bits per heavy atom. The van der Waals surface area contributed by atoms with Crippen molar-refractivity contribution in [1.82, 2.24) is 5.32 Å². The number of furan rings is 1. The van der Waals surface area contributed by atoms with E-state index in [0.29, 0.717) is 24.7 Å². The monoisotopic (exact) mass is 353 g/mol. The van der Waals surface area contributed by atoms with E-state index in [1.54, 1.807) is 24.9 Å². The van der Waals surface area contributed by atoms with E-state index in [9.17, 15) is 4.79 Å². The molecule has 6 heteroatoms. The Hall–Kier alpha value is -1.43. The Labute approximate surface area is 145 Å². The molecule has 1 heterocycles. The van der Waals surface area contributed by atoms with Crippen LogP contribution in [0.25, 0.3) is 0 Å². The molecule has 0 radical (unpaired) electrons. The number of benzene rings is 1. The molecule has 0 spiro atoms. The number of hydrogen-bond acceptors (Lipinski definition) is 4. The van der Waals surface area contributed by atoms with Gasteiger partial charge in [-0.15, -0.1) is 11.8 Å². The van der Waals surface area contributed by atoms with E-state index in [1.807, 2.05) is 30.3 Å². The van der Waals surface area contributed by atoms with Crippen LogP contribution in [-0.4, -0.2) is 26.2 Å². The molecule has 0 saturated heterocycles. The summed E-state index contributed by atoms with van der Waals surface area (Å²) in [5, 5.41) is 3.57. The van der Waals surface area contributed by atoms with Gasteiger partial charge in [0.05, 0.1) is 5.75 Å². The molecule has 124 valence electrons. The van der Waals surface area contributed by atoms with Crippen LogP contribution in [-0.2, 0) is 16.2 Å². The van der Waals surface area contributed by atoms with Crippen LogP contribution in [0.15, 0.2) is 40.8 Å². The van der Waals surface area contributed by atoms with Crippen LogP contribution < -0.4 is 5.32 Å². The molecular formula is C17H20ClNO3S. The molecule has 1 aromatic carbocycles. The number of halogens is 1. The summed E-state index contributed by atoms with van der Waals surface area (Å²) >= 11 is 7.82. The number of amides is 1. The van der Waals surface area contributed by atoms with Crippen molar-refractivity contribution in [2.75, 3.05) is 20.3 Å². The zero-order valence-corrected chi connectivity index (χ0v) is 14.6. The lowest BCUT2D eigenvalue weighted by atomic mass is 10.2. The van der Waals surface area contributed by atoms with Crippen molar-refractivity contribution in [2.24, 2.45) is 0 Å². The summed E-state index contributed by atoms with van der Waals surface area (Å²) in [6.45, 7) is 1.20. The number of thioether (sulfide) groups is 1. The molecule has 2 rings (SSSR count). The van der Waals surface area contributed by atoms with Crippen molar-refractivity contribution in [3.8, 4) is 0 Å².